The van der Waals surface area contributed by atoms with E-state index in [0.717, 1.165) is 18.2 Å². The average molecular weight is 547 g/mol. The minimum absolute atomic E-state index is 0.0119. The van der Waals surface area contributed by atoms with E-state index in [9.17, 15) is 26.3 Å². The van der Waals surface area contributed by atoms with Crippen LogP contribution in [0.1, 0.15) is 22.4 Å². The van der Waals surface area contributed by atoms with E-state index in [4.69, 9.17) is 11.6 Å². The van der Waals surface area contributed by atoms with Crippen LogP contribution in [-0.4, -0.2) is 15.0 Å². The molecule has 0 saturated heterocycles. The lowest BCUT2D eigenvalue weighted by atomic mass is 9.80. The number of aromatic nitrogens is 3. The van der Waals surface area contributed by atoms with E-state index in [1.165, 1.54) is 18.3 Å². The number of nitrogens with zero attached hydrogens (tertiary/aromatic N) is 2. The fraction of sp³-hybridized carbons (Fsp3) is 0.111. The third-order valence-corrected chi connectivity index (χ3v) is 6.25. The largest absolute Gasteiger partial charge is 0.416 e. The van der Waals surface area contributed by atoms with Crippen LogP contribution in [0, 0.1) is 17.5 Å². The van der Waals surface area contributed by atoms with Crippen molar-refractivity contribution in [2.24, 2.45) is 0 Å². The molecular weight excluding hydrogens is 530 g/mol. The maximum absolute atomic E-state index is 14.7. The summed E-state index contributed by atoms with van der Waals surface area (Å²) >= 11 is 6.04. The van der Waals surface area contributed by atoms with Crippen molar-refractivity contribution >= 4 is 28.6 Å². The summed E-state index contributed by atoms with van der Waals surface area (Å²) in [6, 6.07) is 15.6. The van der Waals surface area contributed by atoms with Gasteiger partial charge in [0.05, 0.1) is 21.8 Å². The molecular formula is C27H17ClF6N4. The predicted molar refractivity (Wildman–Crippen MR) is 131 cm³/mol. The van der Waals surface area contributed by atoms with E-state index in [-0.39, 0.29) is 39.7 Å². The molecule has 0 unspecified atom stereocenters. The first-order chi connectivity index (χ1) is 18.0. The van der Waals surface area contributed by atoms with Crippen molar-refractivity contribution < 1.29 is 26.3 Å². The first-order valence-electron chi connectivity index (χ1n) is 11.2. The van der Waals surface area contributed by atoms with E-state index in [1.807, 2.05) is 0 Å². The number of benzene rings is 3. The van der Waals surface area contributed by atoms with Crippen LogP contribution in [0.5, 0.6) is 0 Å². The Kier molecular flexibility index (Phi) is 6.52. The molecule has 2 N–H and O–H groups in total. The molecule has 1 atom stereocenters. The Hall–Kier alpha value is -4.05. The maximum atomic E-state index is 14.7. The molecule has 0 fully saturated rings. The lowest BCUT2D eigenvalue weighted by Crippen LogP contribution is -2.40. The van der Waals surface area contributed by atoms with Crippen LogP contribution < -0.4 is 5.32 Å². The Morgan fingerprint density at radius 1 is 0.842 bits per heavy atom. The fourth-order valence-corrected chi connectivity index (χ4v) is 4.47. The second kappa shape index (κ2) is 9.68. The zero-order valence-electron chi connectivity index (χ0n) is 19.3. The molecule has 0 spiro atoms. The SMILES string of the molecule is Fc1cc(C(F)(F)F)cc([C@@](Cc2ccccc2)(Nc2nc3c(F)cc(F)cc3[nH]2)c2ccc(Cl)cn2)c1. The van der Waals surface area contributed by atoms with Gasteiger partial charge in [-0.3, -0.25) is 4.98 Å². The molecule has 0 aliphatic carbocycles. The van der Waals surface area contributed by atoms with Crippen molar-refractivity contribution in [1.82, 2.24) is 15.0 Å². The summed E-state index contributed by atoms with van der Waals surface area (Å²) in [5.74, 6) is -3.01. The summed E-state index contributed by atoms with van der Waals surface area (Å²) in [4.78, 5) is 11.3. The normalized spacial score (nSPS) is 13.4. The number of fused-ring (bicyclic) bond motifs is 1. The second-order valence-corrected chi connectivity index (χ2v) is 9.09. The van der Waals surface area contributed by atoms with Gasteiger partial charge < -0.3 is 10.3 Å². The summed E-state index contributed by atoms with van der Waals surface area (Å²) < 4.78 is 84.2. The number of hydrogen-bond donors (Lipinski definition) is 2. The van der Waals surface area contributed by atoms with Gasteiger partial charge in [0, 0.05) is 18.7 Å². The molecule has 38 heavy (non-hydrogen) atoms. The van der Waals surface area contributed by atoms with E-state index >= 15 is 0 Å². The molecule has 5 rings (SSSR count). The topological polar surface area (TPSA) is 53.6 Å². The predicted octanol–water partition coefficient (Wildman–Crippen LogP) is 7.65. The number of anilines is 1. The number of H-pyrrole nitrogens is 1. The summed E-state index contributed by atoms with van der Waals surface area (Å²) in [6.07, 6.45) is -3.57. The summed E-state index contributed by atoms with van der Waals surface area (Å²) in [5.41, 5.74) is -2.36. The van der Waals surface area contributed by atoms with Crippen LogP contribution in [-0.2, 0) is 18.1 Å². The molecule has 4 nitrogen and oxygen atoms in total. The minimum atomic E-state index is -4.84. The fourth-order valence-electron chi connectivity index (χ4n) is 4.35. The van der Waals surface area contributed by atoms with Crippen molar-refractivity contribution in [3.63, 3.8) is 0 Å². The molecule has 3 aromatic carbocycles. The first kappa shape index (κ1) is 25.6. The minimum Gasteiger partial charge on any atom is -0.340 e. The van der Waals surface area contributed by atoms with E-state index < -0.39 is 34.7 Å². The molecule has 5 aromatic rings. The van der Waals surface area contributed by atoms with Crippen LogP contribution in [0.2, 0.25) is 5.02 Å². The first-order valence-corrected chi connectivity index (χ1v) is 11.6. The van der Waals surface area contributed by atoms with Crippen molar-refractivity contribution in [3.05, 3.63) is 124 Å². The van der Waals surface area contributed by atoms with Gasteiger partial charge in [-0.15, -0.1) is 0 Å². The number of pyridine rings is 1. The Morgan fingerprint density at radius 2 is 1.55 bits per heavy atom. The molecule has 2 aromatic heterocycles. The standard InChI is InChI=1S/C27H17ClF6N4/c28-18-6-7-23(35-14-18)26(13-15-4-2-1-3-5-15,16-8-17(27(32,33)34)10-19(29)9-16)38-25-36-22-12-20(30)11-21(31)24(22)37-25/h1-12,14H,13H2,(H2,36,37,38)/t26-/m1/s1. The summed E-state index contributed by atoms with van der Waals surface area (Å²) in [7, 11) is 0. The van der Waals surface area contributed by atoms with Gasteiger partial charge in [0.15, 0.2) is 5.82 Å². The number of nitrogens with one attached hydrogen (secondary N) is 2. The van der Waals surface area contributed by atoms with Crippen LogP contribution in [0.25, 0.3) is 11.0 Å². The molecule has 0 amide bonds. The zero-order valence-corrected chi connectivity index (χ0v) is 20.0. The number of aromatic amines is 1. The number of hydrogen-bond acceptors (Lipinski definition) is 3. The van der Waals surface area contributed by atoms with Gasteiger partial charge in [0.1, 0.15) is 22.7 Å². The molecule has 194 valence electrons. The van der Waals surface area contributed by atoms with Crippen molar-refractivity contribution in [2.45, 2.75) is 18.1 Å². The lowest BCUT2D eigenvalue weighted by molar-refractivity contribution is -0.137. The second-order valence-electron chi connectivity index (χ2n) is 8.65. The van der Waals surface area contributed by atoms with Gasteiger partial charge in [-0.2, -0.15) is 13.2 Å². The highest BCUT2D eigenvalue weighted by Gasteiger charge is 2.40. The summed E-state index contributed by atoms with van der Waals surface area (Å²) in [5, 5.41) is 3.30. The van der Waals surface area contributed by atoms with Gasteiger partial charge in [-0.1, -0.05) is 41.9 Å². The Balaban J connectivity index is 1.79. The lowest BCUT2D eigenvalue weighted by Gasteiger charge is -2.35. The molecule has 0 aliphatic rings. The molecule has 2 heterocycles. The highest BCUT2D eigenvalue weighted by molar-refractivity contribution is 6.30. The highest BCUT2D eigenvalue weighted by Crippen LogP contribution is 2.40. The molecule has 0 aliphatic heterocycles. The van der Waals surface area contributed by atoms with Crippen LogP contribution in [0.4, 0.5) is 32.3 Å². The van der Waals surface area contributed by atoms with Crippen LogP contribution in [0.15, 0.2) is 79.0 Å². The van der Waals surface area contributed by atoms with Crippen molar-refractivity contribution in [2.75, 3.05) is 5.32 Å². The number of imidazole rings is 1. The molecule has 0 bridgehead atoms. The third-order valence-electron chi connectivity index (χ3n) is 6.03. The Labute approximate surface area is 217 Å². The van der Waals surface area contributed by atoms with E-state index in [1.54, 1.807) is 30.3 Å². The van der Waals surface area contributed by atoms with Crippen LogP contribution in [0.3, 0.4) is 0 Å². The van der Waals surface area contributed by atoms with Gasteiger partial charge in [0.25, 0.3) is 0 Å². The number of alkyl halides is 3. The number of halogens is 7. The Bertz CT molecular complexity index is 1600. The van der Waals surface area contributed by atoms with E-state index in [2.05, 4.69) is 20.3 Å². The molecule has 11 heteroatoms. The average Bonchev–Trinajstić information content (AvgIpc) is 3.26. The quantitative estimate of drug-likeness (QED) is 0.215. The van der Waals surface area contributed by atoms with Crippen LogP contribution >= 0.6 is 11.6 Å². The Morgan fingerprint density at radius 3 is 2.24 bits per heavy atom. The van der Waals surface area contributed by atoms with Gasteiger partial charge >= 0.3 is 6.18 Å². The third kappa shape index (κ3) is 5.04. The van der Waals surface area contributed by atoms with Crippen molar-refractivity contribution in [1.29, 1.82) is 0 Å². The number of rotatable bonds is 6. The maximum Gasteiger partial charge on any atom is 0.416 e. The monoisotopic (exact) mass is 546 g/mol. The smallest absolute Gasteiger partial charge is 0.340 e. The van der Waals surface area contributed by atoms with Gasteiger partial charge in [-0.25, -0.2) is 18.2 Å². The molecule has 0 radical (unpaired) electrons. The van der Waals surface area contributed by atoms with Crippen molar-refractivity contribution in [3.8, 4) is 0 Å². The zero-order chi connectivity index (χ0) is 27.1. The summed E-state index contributed by atoms with van der Waals surface area (Å²) in [6.45, 7) is 0. The highest BCUT2D eigenvalue weighted by atomic mass is 35.5. The van der Waals surface area contributed by atoms with Gasteiger partial charge in [-0.05, 0) is 47.5 Å². The van der Waals surface area contributed by atoms with Gasteiger partial charge in [0.2, 0.25) is 5.95 Å². The molecule has 0 saturated carbocycles. The van der Waals surface area contributed by atoms with E-state index in [0.29, 0.717) is 17.7 Å².